The highest BCUT2D eigenvalue weighted by Gasteiger charge is 2.16. The molecule has 0 fully saturated rings. The molecular formula is C15H17NO3S. The number of ether oxygens (including phenoxy) is 2. The maximum absolute atomic E-state index is 5.72. The van der Waals surface area contributed by atoms with Crippen molar-refractivity contribution in [2.45, 2.75) is 18.8 Å². The topological polar surface area (TPSA) is 43.6 Å². The Labute approximate surface area is 122 Å². The Hall–Kier alpha value is -1.59. The highest BCUT2D eigenvalue weighted by atomic mass is 32.2. The van der Waals surface area contributed by atoms with Gasteiger partial charge in [-0.1, -0.05) is 12.1 Å². The number of furan rings is 1. The largest absolute Gasteiger partial charge is 0.464 e. The quantitative estimate of drug-likeness (QED) is 0.885. The molecule has 2 heterocycles. The Kier molecular flexibility index (Phi) is 4.18. The van der Waals surface area contributed by atoms with Gasteiger partial charge in [0.25, 0.3) is 0 Å². The van der Waals surface area contributed by atoms with Crippen LogP contribution in [0.25, 0.3) is 0 Å². The predicted molar refractivity (Wildman–Crippen MR) is 79.0 cm³/mol. The molecule has 0 amide bonds. The number of thioether (sulfide) groups is 1. The lowest BCUT2D eigenvalue weighted by molar-refractivity contribution is 0.173. The molecule has 3 rings (SSSR count). The second-order valence-corrected chi connectivity index (χ2v) is 5.42. The highest BCUT2D eigenvalue weighted by Crippen LogP contribution is 2.35. The van der Waals surface area contributed by atoms with E-state index >= 15 is 0 Å². The van der Waals surface area contributed by atoms with E-state index in [1.54, 1.807) is 11.8 Å². The van der Waals surface area contributed by atoms with Crippen molar-refractivity contribution < 1.29 is 13.9 Å². The lowest BCUT2D eigenvalue weighted by atomic mass is 10.2. The van der Waals surface area contributed by atoms with Crippen molar-refractivity contribution >= 4 is 11.8 Å². The molecule has 0 saturated carbocycles. The van der Waals surface area contributed by atoms with Crippen LogP contribution in [0.5, 0.6) is 11.5 Å². The van der Waals surface area contributed by atoms with E-state index in [9.17, 15) is 0 Å². The molecule has 0 unspecified atom stereocenters. The number of para-hydroxylation sites is 1. The fourth-order valence-electron chi connectivity index (χ4n) is 2.19. The summed E-state index contributed by atoms with van der Waals surface area (Å²) in [5.74, 6) is 4.56. The van der Waals surface area contributed by atoms with E-state index in [2.05, 4.69) is 11.6 Å². The van der Waals surface area contributed by atoms with Crippen LogP contribution in [0.2, 0.25) is 0 Å². The summed E-state index contributed by atoms with van der Waals surface area (Å²) < 4.78 is 16.6. The van der Waals surface area contributed by atoms with Crippen LogP contribution in [0.3, 0.4) is 0 Å². The van der Waals surface area contributed by atoms with Crippen LogP contribution in [-0.2, 0) is 18.8 Å². The Morgan fingerprint density at radius 2 is 2.00 bits per heavy atom. The minimum absolute atomic E-state index is 0.308. The third-order valence-electron chi connectivity index (χ3n) is 3.10. The van der Waals surface area contributed by atoms with E-state index in [1.807, 2.05) is 30.3 Å². The molecule has 1 aliphatic heterocycles. The van der Waals surface area contributed by atoms with Gasteiger partial charge in [0.05, 0.1) is 12.3 Å². The number of nitrogens with one attached hydrogen (secondary N) is 1. The van der Waals surface area contributed by atoms with Gasteiger partial charge >= 0.3 is 0 Å². The number of hydrogen-bond acceptors (Lipinski definition) is 5. The fraction of sp³-hybridized carbons (Fsp3) is 0.333. The number of hydrogen-bond donors (Lipinski definition) is 1. The van der Waals surface area contributed by atoms with Crippen molar-refractivity contribution in [3.63, 3.8) is 0 Å². The minimum Gasteiger partial charge on any atom is -0.464 e. The van der Waals surface area contributed by atoms with Crippen LogP contribution in [-0.4, -0.2) is 13.0 Å². The van der Waals surface area contributed by atoms with Gasteiger partial charge in [0.1, 0.15) is 11.5 Å². The molecule has 1 N–H and O–H groups in total. The third kappa shape index (κ3) is 2.94. The third-order valence-corrected chi connectivity index (χ3v) is 3.67. The summed E-state index contributed by atoms with van der Waals surface area (Å²) in [6.07, 6.45) is 2.07. The molecule has 0 saturated heterocycles. The number of benzene rings is 1. The average Bonchev–Trinajstić information content (AvgIpc) is 3.08. The second-order valence-electron chi connectivity index (χ2n) is 4.56. The molecule has 0 radical (unpaired) electrons. The first kappa shape index (κ1) is 13.4. The minimum atomic E-state index is 0.308. The van der Waals surface area contributed by atoms with Gasteiger partial charge in [0.15, 0.2) is 11.5 Å². The molecule has 106 valence electrons. The first-order valence-corrected chi connectivity index (χ1v) is 7.91. The molecule has 4 nitrogen and oxygen atoms in total. The van der Waals surface area contributed by atoms with E-state index in [4.69, 9.17) is 13.9 Å². The van der Waals surface area contributed by atoms with Crippen LogP contribution in [0.15, 0.2) is 34.7 Å². The van der Waals surface area contributed by atoms with E-state index < -0.39 is 0 Å². The highest BCUT2D eigenvalue weighted by molar-refractivity contribution is 7.97. The molecule has 0 bridgehead atoms. The van der Waals surface area contributed by atoms with Crippen LogP contribution in [0, 0.1) is 0 Å². The zero-order valence-corrected chi connectivity index (χ0v) is 12.2. The maximum atomic E-state index is 5.72. The van der Waals surface area contributed by atoms with Crippen LogP contribution in [0.1, 0.15) is 17.1 Å². The summed E-state index contributed by atoms with van der Waals surface area (Å²) in [4.78, 5) is 0. The van der Waals surface area contributed by atoms with Crippen molar-refractivity contribution in [1.29, 1.82) is 0 Å². The Bertz CT molecular complexity index is 582. The summed E-state index contributed by atoms with van der Waals surface area (Å²) in [6, 6.07) is 10.0. The average molecular weight is 291 g/mol. The van der Waals surface area contributed by atoms with Gasteiger partial charge in [-0.3, -0.25) is 0 Å². The first-order valence-electron chi connectivity index (χ1n) is 6.51. The summed E-state index contributed by atoms with van der Waals surface area (Å²) in [5, 5.41) is 3.37. The summed E-state index contributed by atoms with van der Waals surface area (Å²) in [5.41, 5.74) is 1.11. The normalized spacial score (nSPS) is 12.8. The van der Waals surface area contributed by atoms with Crippen molar-refractivity contribution in [3.05, 3.63) is 47.4 Å². The van der Waals surface area contributed by atoms with Gasteiger partial charge in [0.2, 0.25) is 6.79 Å². The molecule has 2 aromatic rings. The molecule has 1 aromatic carbocycles. The molecule has 0 spiro atoms. The van der Waals surface area contributed by atoms with Crippen molar-refractivity contribution in [2.75, 3.05) is 13.0 Å². The monoisotopic (exact) mass is 291 g/mol. The smallest absolute Gasteiger partial charge is 0.231 e. The number of rotatable bonds is 6. The van der Waals surface area contributed by atoms with Gasteiger partial charge in [-0.2, -0.15) is 11.8 Å². The zero-order chi connectivity index (χ0) is 13.8. The van der Waals surface area contributed by atoms with Crippen molar-refractivity contribution in [1.82, 2.24) is 5.32 Å². The zero-order valence-electron chi connectivity index (χ0n) is 11.3. The van der Waals surface area contributed by atoms with E-state index in [-0.39, 0.29) is 0 Å². The van der Waals surface area contributed by atoms with E-state index in [1.165, 1.54) is 0 Å². The molecule has 5 heteroatoms. The molecule has 0 aliphatic carbocycles. The fourth-order valence-corrected chi connectivity index (χ4v) is 2.63. The lowest BCUT2D eigenvalue weighted by Gasteiger charge is -2.06. The molecule has 0 atom stereocenters. The van der Waals surface area contributed by atoms with Crippen LogP contribution < -0.4 is 14.8 Å². The maximum Gasteiger partial charge on any atom is 0.231 e. The molecule has 1 aromatic heterocycles. The Morgan fingerprint density at radius 1 is 1.10 bits per heavy atom. The standard InChI is InChI=1S/C15H17NO3S/c1-20-9-13-6-5-12(19-13)8-16-7-11-3-2-4-14-15(11)18-10-17-14/h2-6,16H,7-10H2,1H3. The van der Waals surface area contributed by atoms with Crippen molar-refractivity contribution in [2.24, 2.45) is 0 Å². The van der Waals surface area contributed by atoms with E-state index in [0.29, 0.717) is 13.3 Å². The van der Waals surface area contributed by atoms with Gasteiger partial charge in [-0.05, 0) is 24.5 Å². The molecule has 1 aliphatic rings. The van der Waals surface area contributed by atoms with Crippen LogP contribution >= 0.6 is 11.8 Å². The Balaban J connectivity index is 1.56. The summed E-state index contributed by atoms with van der Waals surface area (Å²) in [6.45, 7) is 1.74. The molecule has 20 heavy (non-hydrogen) atoms. The predicted octanol–water partition coefficient (Wildman–Crippen LogP) is 3.16. The first-order chi connectivity index (χ1) is 9.86. The lowest BCUT2D eigenvalue weighted by Crippen LogP contribution is -2.12. The van der Waals surface area contributed by atoms with E-state index in [0.717, 1.165) is 40.9 Å². The Morgan fingerprint density at radius 3 is 2.90 bits per heavy atom. The molecular weight excluding hydrogens is 274 g/mol. The van der Waals surface area contributed by atoms with Crippen LogP contribution in [0.4, 0.5) is 0 Å². The van der Waals surface area contributed by atoms with Gasteiger partial charge in [-0.15, -0.1) is 0 Å². The van der Waals surface area contributed by atoms with Crippen molar-refractivity contribution in [3.8, 4) is 11.5 Å². The summed E-state index contributed by atoms with van der Waals surface area (Å²) >= 11 is 1.76. The SMILES string of the molecule is CSCc1ccc(CNCc2cccc3c2OCO3)o1. The second kappa shape index (κ2) is 6.24. The summed E-state index contributed by atoms with van der Waals surface area (Å²) in [7, 11) is 0. The van der Waals surface area contributed by atoms with Gasteiger partial charge in [-0.25, -0.2) is 0 Å². The van der Waals surface area contributed by atoms with Gasteiger partial charge < -0.3 is 19.2 Å². The number of fused-ring (bicyclic) bond motifs is 1. The van der Waals surface area contributed by atoms with Gasteiger partial charge in [0, 0.05) is 12.1 Å².